The first-order valence-electron chi connectivity index (χ1n) is 12.1. The molecular formula is C29H33NO2. The van der Waals surface area contributed by atoms with Gasteiger partial charge in [-0.05, 0) is 68.1 Å². The summed E-state index contributed by atoms with van der Waals surface area (Å²) in [6, 6.07) is 25.4. The van der Waals surface area contributed by atoms with Crippen molar-refractivity contribution in [3.8, 4) is 11.5 Å². The van der Waals surface area contributed by atoms with E-state index < -0.39 is 0 Å². The molecule has 2 aliphatic rings. The van der Waals surface area contributed by atoms with Gasteiger partial charge in [0.25, 0.3) is 0 Å². The fourth-order valence-corrected chi connectivity index (χ4v) is 5.38. The molecule has 0 bridgehead atoms. The van der Waals surface area contributed by atoms with Crippen LogP contribution < -0.4 is 4.74 Å². The van der Waals surface area contributed by atoms with Crippen LogP contribution in [0.15, 0.2) is 72.8 Å². The van der Waals surface area contributed by atoms with E-state index in [1.54, 1.807) is 12.1 Å². The molecular weight excluding hydrogens is 394 g/mol. The first kappa shape index (κ1) is 21.1. The van der Waals surface area contributed by atoms with Crippen LogP contribution >= 0.6 is 0 Å². The van der Waals surface area contributed by atoms with Gasteiger partial charge in [0.2, 0.25) is 0 Å². The van der Waals surface area contributed by atoms with Crippen molar-refractivity contribution in [1.82, 2.24) is 4.90 Å². The van der Waals surface area contributed by atoms with Gasteiger partial charge in [0.1, 0.15) is 11.5 Å². The van der Waals surface area contributed by atoms with Crippen LogP contribution in [0.1, 0.15) is 59.8 Å². The van der Waals surface area contributed by atoms with Crippen LogP contribution in [0.25, 0.3) is 0 Å². The molecule has 1 saturated heterocycles. The maximum absolute atomic E-state index is 9.96. The van der Waals surface area contributed by atoms with Crippen molar-refractivity contribution < 1.29 is 9.84 Å². The lowest BCUT2D eigenvalue weighted by Gasteiger charge is -2.34. The molecule has 2 aliphatic heterocycles. The van der Waals surface area contributed by atoms with Gasteiger partial charge in [0.05, 0.1) is 6.61 Å². The molecule has 3 nitrogen and oxygen atoms in total. The highest BCUT2D eigenvalue weighted by Crippen LogP contribution is 2.46. The lowest BCUT2D eigenvalue weighted by atomic mass is 9.75. The highest BCUT2D eigenvalue weighted by Gasteiger charge is 2.33. The summed E-state index contributed by atoms with van der Waals surface area (Å²) >= 11 is 0. The van der Waals surface area contributed by atoms with Gasteiger partial charge in [0.15, 0.2) is 0 Å². The molecule has 0 aromatic heterocycles. The second-order valence-corrected chi connectivity index (χ2v) is 9.28. The van der Waals surface area contributed by atoms with E-state index in [1.807, 2.05) is 6.07 Å². The van der Waals surface area contributed by atoms with Crippen LogP contribution in [-0.4, -0.2) is 36.2 Å². The molecule has 1 fully saturated rings. The maximum atomic E-state index is 9.96. The van der Waals surface area contributed by atoms with Crippen LogP contribution in [0.2, 0.25) is 0 Å². The van der Waals surface area contributed by atoms with Gasteiger partial charge in [-0.1, -0.05) is 67.1 Å². The second-order valence-electron chi connectivity index (χ2n) is 9.28. The zero-order valence-electron chi connectivity index (χ0n) is 18.7. The smallest absolute Gasteiger partial charge is 0.126 e. The number of aryl methyl sites for hydroxylation is 1. The molecule has 0 radical (unpaired) electrons. The van der Waals surface area contributed by atoms with Gasteiger partial charge in [-0.2, -0.15) is 0 Å². The SMILES string of the molecule is Oc1ccc2c(c1)OCC(c1ccccc1)C2c1ccc(CCCN2CCCCC2)cc1. The average molecular weight is 428 g/mol. The van der Waals surface area contributed by atoms with Crippen molar-refractivity contribution in [2.24, 2.45) is 0 Å². The van der Waals surface area contributed by atoms with Crippen LogP contribution in [-0.2, 0) is 6.42 Å². The molecule has 2 atom stereocenters. The minimum absolute atomic E-state index is 0.212. The number of fused-ring (bicyclic) bond motifs is 1. The normalized spacial score (nSPS) is 21.0. The third-order valence-corrected chi connectivity index (χ3v) is 7.11. The van der Waals surface area contributed by atoms with E-state index in [1.165, 1.54) is 62.0 Å². The lowest BCUT2D eigenvalue weighted by Crippen LogP contribution is -2.30. The van der Waals surface area contributed by atoms with Crippen molar-refractivity contribution >= 4 is 0 Å². The Morgan fingerprint density at radius 2 is 1.62 bits per heavy atom. The Labute approximate surface area is 191 Å². The fraction of sp³-hybridized carbons (Fsp3) is 0.379. The third-order valence-electron chi connectivity index (χ3n) is 7.11. The predicted molar refractivity (Wildman–Crippen MR) is 130 cm³/mol. The molecule has 3 heteroatoms. The van der Waals surface area contributed by atoms with E-state index in [-0.39, 0.29) is 17.6 Å². The van der Waals surface area contributed by atoms with Crippen LogP contribution in [0.3, 0.4) is 0 Å². The topological polar surface area (TPSA) is 32.7 Å². The minimum Gasteiger partial charge on any atom is -0.508 e. The average Bonchev–Trinajstić information content (AvgIpc) is 2.85. The Morgan fingerprint density at radius 1 is 0.844 bits per heavy atom. The predicted octanol–water partition coefficient (Wildman–Crippen LogP) is 6.12. The van der Waals surface area contributed by atoms with E-state index >= 15 is 0 Å². The number of likely N-dealkylation sites (tertiary alicyclic amines) is 1. The van der Waals surface area contributed by atoms with Crippen LogP contribution in [0, 0.1) is 0 Å². The molecule has 2 heterocycles. The van der Waals surface area contributed by atoms with Crippen molar-refractivity contribution in [2.75, 3.05) is 26.2 Å². The first-order chi connectivity index (χ1) is 15.8. The Morgan fingerprint density at radius 3 is 2.41 bits per heavy atom. The number of rotatable bonds is 6. The molecule has 0 amide bonds. The van der Waals surface area contributed by atoms with Crippen molar-refractivity contribution in [3.05, 3.63) is 95.1 Å². The molecule has 1 N–H and O–H groups in total. The van der Waals surface area contributed by atoms with Gasteiger partial charge >= 0.3 is 0 Å². The van der Waals surface area contributed by atoms with Crippen LogP contribution in [0.4, 0.5) is 0 Å². The summed E-state index contributed by atoms with van der Waals surface area (Å²) in [6.07, 6.45) is 6.49. The number of phenolic OH excluding ortho intramolecular Hbond substituents is 1. The monoisotopic (exact) mass is 427 g/mol. The van der Waals surface area contributed by atoms with Gasteiger partial charge in [0, 0.05) is 23.5 Å². The number of hydrogen-bond acceptors (Lipinski definition) is 3. The van der Waals surface area contributed by atoms with Crippen molar-refractivity contribution in [2.45, 2.75) is 43.9 Å². The Kier molecular flexibility index (Phi) is 6.45. The molecule has 166 valence electrons. The summed E-state index contributed by atoms with van der Waals surface area (Å²) < 4.78 is 6.09. The Bertz CT molecular complexity index is 1010. The number of hydrogen-bond donors (Lipinski definition) is 1. The Balaban J connectivity index is 1.35. The number of phenols is 1. The second kappa shape index (κ2) is 9.79. The van der Waals surface area contributed by atoms with Crippen LogP contribution in [0.5, 0.6) is 11.5 Å². The number of aromatic hydroxyl groups is 1. The molecule has 32 heavy (non-hydrogen) atoms. The summed E-state index contributed by atoms with van der Waals surface area (Å²) in [5.74, 6) is 1.51. The number of benzene rings is 3. The van der Waals surface area contributed by atoms with Crippen molar-refractivity contribution in [1.29, 1.82) is 0 Å². The van der Waals surface area contributed by atoms with Gasteiger partial charge in [-0.3, -0.25) is 0 Å². The molecule has 5 rings (SSSR count). The van der Waals surface area contributed by atoms with E-state index in [4.69, 9.17) is 4.74 Å². The molecule has 0 spiro atoms. The highest BCUT2D eigenvalue weighted by atomic mass is 16.5. The van der Waals surface area contributed by atoms with E-state index in [2.05, 4.69) is 59.5 Å². The largest absolute Gasteiger partial charge is 0.508 e. The molecule has 0 aliphatic carbocycles. The molecule has 2 unspecified atom stereocenters. The molecule has 0 saturated carbocycles. The van der Waals surface area contributed by atoms with E-state index in [0.29, 0.717) is 6.61 Å². The zero-order valence-corrected chi connectivity index (χ0v) is 18.7. The summed E-state index contributed by atoms with van der Waals surface area (Å²) in [5.41, 5.74) is 5.18. The number of nitrogens with zero attached hydrogens (tertiary/aromatic N) is 1. The Hall–Kier alpha value is -2.78. The summed E-state index contributed by atoms with van der Waals surface area (Å²) in [5, 5.41) is 9.96. The fourth-order valence-electron chi connectivity index (χ4n) is 5.38. The van der Waals surface area contributed by atoms with Crippen molar-refractivity contribution in [3.63, 3.8) is 0 Å². The summed E-state index contributed by atoms with van der Waals surface area (Å²) in [6.45, 7) is 4.38. The molecule has 3 aromatic carbocycles. The summed E-state index contributed by atoms with van der Waals surface area (Å²) in [7, 11) is 0. The number of ether oxygens (including phenoxy) is 1. The van der Waals surface area contributed by atoms with E-state index in [9.17, 15) is 5.11 Å². The van der Waals surface area contributed by atoms with Gasteiger partial charge in [-0.15, -0.1) is 0 Å². The highest BCUT2D eigenvalue weighted by molar-refractivity contribution is 5.50. The lowest BCUT2D eigenvalue weighted by molar-refractivity contribution is 0.226. The zero-order chi connectivity index (χ0) is 21.8. The maximum Gasteiger partial charge on any atom is 0.126 e. The van der Waals surface area contributed by atoms with Gasteiger partial charge in [-0.25, -0.2) is 0 Å². The first-order valence-corrected chi connectivity index (χ1v) is 12.1. The third kappa shape index (κ3) is 4.68. The van der Waals surface area contributed by atoms with E-state index in [0.717, 1.165) is 17.7 Å². The molecule has 3 aromatic rings. The van der Waals surface area contributed by atoms with Gasteiger partial charge < -0.3 is 14.7 Å². The summed E-state index contributed by atoms with van der Waals surface area (Å²) in [4.78, 5) is 2.62. The standard InChI is InChI=1S/C29H33NO2/c31-25-15-16-26-28(20-25)32-21-27(23-9-3-1-4-10-23)29(26)24-13-11-22(12-14-24)8-7-19-30-17-5-2-6-18-30/h1,3-4,9-16,20,27,29,31H,2,5-8,17-19,21H2. The number of piperidine rings is 1. The quantitative estimate of drug-likeness (QED) is 0.514. The minimum atomic E-state index is 0.212.